The Kier molecular flexibility index (Phi) is 9.48. The number of alkyl carbamates (subject to hydrolysis) is 1. The zero-order valence-corrected chi connectivity index (χ0v) is 22.9. The molecule has 1 aliphatic rings. The Morgan fingerprint density at radius 2 is 1.84 bits per heavy atom. The molecule has 0 aromatic heterocycles. The second kappa shape index (κ2) is 12.4. The minimum absolute atomic E-state index is 0.000186. The fourth-order valence-corrected chi connectivity index (χ4v) is 4.51. The molecule has 3 amide bonds. The van der Waals surface area contributed by atoms with Crippen LogP contribution < -0.4 is 10.6 Å². The van der Waals surface area contributed by atoms with Crippen LogP contribution in [-0.4, -0.2) is 57.6 Å². The quantitative estimate of drug-likeness (QED) is 0.401. The molecule has 2 aromatic rings. The molecule has 1 saturated carbocycles. The molecule has 37 heavy (non-hydrogen) atoms. The van der Waals surface area contributed by atoms with Crippen molar-refractivity contribution in [1.29, 1.82) is 0 Å². The summed E-state index contributed by atoms with van der Waals surface area (Å²) in [5.74, 6) is -0.103. The number of benzene rings is 2. The molecule has 0 heterocycles. The van der Waals surface area contributed by atoms with Crippen molar-refractivity contribution in [2.45, 2.75) is 70.7 Å². The van der Waals surface area contributed by atoms with Crippen molar-refractivity contribution >= 4 is 35.4 Å². The lowest BCUT2D eigenvalue weighted by Crippen LogP contribution is -2.53. The van der Waals surface area contributed by atoms with Crippen molar-refractivity contribution in [2.24, 2.45) is 0 Å². The van der Waals surface area contributed by atoms with Gasteiger partial charge in [-0.2, -0.15) is 11.8 Å². The van der Waals surface area contributed by atoms with Crippen LogP contribution in [0.4, 0.5) is 10.5 Å². The molecule has 0 spiro atoms. The number of anilines is 1. The van der Waals surface area contributed by atoms with Gasteiger partial charge in [0.05, 0.1) is 0 Å². The average Bonchev–Trinajstić information content (AvgIpc) is 3.65. The first kappa shape index (κ1) is 28.4. The Bertz CT molecular complexity index is 1110. The standard InChI is InChI=1S/C28H37N3O5S/c1-18-9-6-7-12-22(18)29-25(33)24(19-10-8-11-21(32)17-19)31(20-13-14-20)26(34)23(15-16-37-5)30-27(35)36-28(2,3)4/h6-12,17,20,23-24,32H,13-16H2,1-5H3,(H,29,33)(H,30,35). The Hall–Kier alpha value is -3.20. The van der Waals surface area contributed by atoms with E-state index in [4.69, 9.17) is 4.74 Å². The number of carbonyl (C=O) groups is 3. The lowest BCUT2D eigenvalue weighted by atomic mass is 10.0. The summed E-state index contributed by atoms with van der Waals surface area (Å²) in [5, 5.41) is 15.9. The number of aromatic hydroxyl groups is 1. The molecule has 1 aliphatic carbocycles. The van der Waals surface area contributed by atoms with Crippen LogP contribution in [0.25, 0.3) is 0 Å². The van der Waals surface area contributed by atoms with Crippen molar-refractivity contribution in [3.63, 3.8) is 0 Å². The summed E-state index contributed by atoms with van der Waals surface area (Å²) in [5.41, 5.74) is 1.31. The maximum Gasteiger partial charge on any atom is 0.408 e. The Morgan fingerprint density at radius 3 is 2.43 bits per heavy atom. The Balaban J connectivity index is 1.98. The molecule has 0 aliphatic heterocycles. The molecule has 1 fully saturated rings. The van der Waals surface area contributed by atoms with Crippen LogP contribution in [0.1, 0.15) is 57.2 Å². The smallest absolute Gasteiger partial charge is 0.408 e. The van der Waals surface area contributed by atoms with Crippen LogP contribution in [0.2, 0.25) is 0 Å². The number of hydrogen-bond donors (Lipinski definition) is 3. The van der Waals surface area contributed by atoms with E-state index in [0.717, 1.165) is 18.4 Å². The molecule has 0 saturated heterocycles. The van der Waals surface area contributed by atoms with Gasteiger partial charge in [0.15, 0.2) is 0 Å². The van der Waals surface area contributed by atoms with E-state index in [9.17, 15) is 19.5 Å². The van der Waals surface area contributed by atoms with Crippen molar-refractivity contribution in [2.75, 3.05) is 17.3 Å². The van der Waals surface area contributed by atoms with Crippen LogP contribution >= 0.6 is 11.8 Å². The van der Waals surface area contributed by atoms with E-state index in [1.54, 1.807) is 55.6 Å². The van der Waals surface area contributed by atoms with Crippen LogP contribution in [-0.2, 0) is 14.3 Å². The molecular weight excluding hydrogens is 490 g/mol. The molecule has 3 rings (SSSR count). The third kappa shape index (κ3) is 8.15. The van der Waals surface area contributed by atoms with Crippen molar-refractivity contribution in [3.8, 4) is 5.75 Å². The number of phenolic OH excluding ortho intramolecular Hbond substituents is 1. The van der Waals surface area contributed by atoms with Crippen molar-refractivity contribution in [1.82, 2.24) is 10.2 Å². The number of nitrogens with one attached hydrogen (secondary N) is 2. The van der Waals surface area contributed by atoms with E-state index < -0.39 is 23.8 Å². The van der Waals surface area contributed by atoms with Gasteiger partial charge in [-0.15, -0.1) is 0 Å². The third-order valence-electron chi connectivity index (χ3n) is 5.91. The van der Waals surface area contributed by atoms with Gasteiger partial charge in [0.1, 0.15) is 23.4 Å². The Labute approximate surface area is 223 Å². The van der Waals surface area contributed by atoms with Crippen molar-refractivity contribution < 1.29 is 24.2 Å². The van der Waals surface area contributed by atoms with E-state index in [0.29, 0.717) is 23.4 Å². The molecule has 9 heteroatoms. The molecule has 0 radical (unpaired) electrons. The van der Waals surface area contributed by atoms with E-state index in [1.807, 2.05) is 31.4 Å². The first-order chi connectivity index (χ1) is 17.5. The molecule has 3 N–H and O–H groups in total. The average molecular weight is 528 g/mol. The van der Waals surface area contributed by atoms with Gasteiger partial charge in [-0.1, -0.05) is 30.3 Å². The Morgan fingerprint density at radius 1 is 1.14 bits per heavy atom. The van der Waals surface area contributed by atoms with E-state index >= 15 is 0 Å². The fraction of sp³-hybridized carbons (Fsp3) is 0.464. The predicted molar refractivity (Wildman–Crippen MR) is 147 cm³/mol. The minimum Gasteiger partial charge on any atom is -0.508 e. The summed E-state index contributed by atoms with van der Waals surface area (Å²) in [6, 6.07) is 11.8. The SMILES string of the molecule is CSCCC(NC(=O)OC(C)(C)C)C(=O)N(C1CC1)C(C(=O)Nc1ccccc1C)c1cccc(O)c1. The largest absolute Gasteiger partial charge is 0.508 e. The highest BCUT2D eigenvalue weighted by molar-refractivity contribution is 7.98. The number of phenols is 1. The molecule has 8 nitrogen and oxygen atoms in total. The van der Waals surface area contributed by atoms with Gasteiger partial charge < -0.3 is 25.4 Å². The number of ether oxygens (including phenoxy) is 1. The summed E-state index contributed by atoms with van der Waals surface area (Å²) in [4.78, 5) is 42.1. The highest BCUT2D eigenvalue weighted by atomic mass is 32.2. The zero-order valence-electron chi connectivity index (χ0n) is 22.1. The van der Waals surface area contributed by atoms with Gasteiger partial charge in [-0.25, -0.2) is 4.79 Å². The van der Waals surface area contributed by atoms with Gasteiger partial charge >= 0.3 is 6.09 Å². The summed E-state index contributed by atoms with van der Waals surface area (Å²) < 4.78 is 5.41. The number of thioether (sulfide) groups is 1. The van der Waals surface area contributed by atoms with Gasteiger partial charge in [0, 0.05) is 11.7 Å². The number of carbonyl (C=O) groups excluding carboxylic acids is 3. The second-order valence-electron chi connectivity index (χ2n) is 10.3. The van der Waals surface area contributed by atoms with Crippen LogP contribution in [0.15, 0.2) is 48.5 Å². The third-order valence-corrected chi connectivity index (χ3v) is 6.55. The lowest BCUT2D eigenvalue weighted by molar-refractivity contribution is -0.141. The molecule has 2 unspecified atom stereocenters. The first-order valence-electron chi connectivity index (χ1n) is 12.5. The summed E-state index contributed by atoms with van der Waals surface area (Å²) in [6.45, 7) is 7.17. The highest BCUT2D eigenvalue weighted by Crippen LogP contribution is 2.37. The maximum absolute atomic E-state index is 14.1. The fourth-order valence-electron chi connectivity index (χ4n) is 4.04. The number of para-hydroxylation sites is 1. The molecule has 2 aromatic carbocycles. The van der Waals surface area contributed by atoms with Gasteiger partial charge in [0.2, 0.25) is 5.91 Å². The summed E-state index contributed by atoms with van der Waals surface area (Å²) >= 11 is 1.56. The van der Waals surface area contributed by atoms with Crippen LogP contribution in [0.5, 0.6) is 5.75 Å². The monoisotopic (exact) mass is 527 g/mol. The topological polar surface area (TPSA) is 108 Å². The number of rotatable bonds is 10. The number of aryl methyl sites for hydroxylation is 1. The zero-order chi connectivity index (χ0) is 27.2. The number of nitrogens with zero attached hydrogens (tertiary/aromatic N) is 1. The number of hydrogen-bond acceptors (Lipinski definition) is 6. The molecule has 0 bridgehead atoms. The van der Waals surface area contributed by atoms with Gasteiger partial charge in [-0.05, 0) is 88.3 Å². The van der Waals surface area contributed by atoms with Crippen LogP contribution in [0.3, 0.4) is 0 Å². The molecular formula is C28H37N3O5S. The van der Waals surface area contributed by atoms with E-state index in [2.05, 4.69) is 10.6 Å². The molecule has 2 atom stereocenters. The highest BCUT2D eigenvalue weighted by Gasteiger charge is 2.44. The van der Waals surface area contributed by atoms with Crippen LogP contribution in [0, 0.1) is 6.92 Å². The predicted octanol–water partition coefficient (Wildman–Crippen LogP) is 5.02. The maximum atomic E-state index is 14.1. The van der Waals surface area contributed by atoms with E-state index in [-0.39, 0.29) is 23.6 Å². The second-order valence-corrected chi connectivity index (χ2v) is 11.2. The summed E-state index contributed by atoms with van der Waals surface area (Å²) in [7, 11) is 0. The van der Waals surface area contributed by atoms with Gasteiger partial charge in [0.25, 0.3) is 5.91 Å². The minimum atomic E-state index is -0.996. The first-order valence-corrected chi connectivity index (χ1v) is 13.9. The normalized spacial score (nSPS) is 14.8. The lowest BCUT2D eigenvalue weighted by Gasteiger charge is -2.35. The van der Waals surface area contributed by atoms with E-state index in [1.165, 1.54) is 12.1 Å². The van der Waals surface area contributed by atoms with Crippen molar-refractivity contribution in [3.05, 3.63) is 59.7 Å². The summed E-state index contributed by atoms with van der Waals surface area (Å²) in [6.07, 6.45) is 3.13. The molecule has 200 valence electrons. The van der Waals surface area contributed by atoms with Gasteiger partial charge in [-0.3, -0.25) is 9.59 Å². The number of amides is 3.